The Bertz CT molecular complexity index is 449. The second-order valence-electron chi connectivity index (χ2n) is 6.30. The van der Waals surface area contributed by atoms with Gasteiger partial charge in [0.25, 0.3) is 0 Å². The molecule has 1 heterocycles. The van der Waals surface area contributed by atoms with E-state index < -0.39 is 0 Å². The van der Waals surface area contributed by atoms with Crippen LogP contribution in [-0.2, 0) is 11.3 Å². The largest absolute Gasteiger partial charge is 0.353 e. The summed E-state index contributed by atoms with van der Waals surface area (Å²) in [6.45, 7) is 5.23. The molecule has 2 rings (SSSR count). The SMILES string of the molecule is CNCCCC(=O)NC1CCN(Cc2ccccc2)C(C)C1. The smallest absolute Gasteiger partial charge is 0.220 e. The lowest BCUT2D eigenvalue weighted by Gasteiger charge is -2.38. The van der Waals surface area contributed by atoms with Gasteiger partial charge in [-0.15, -0.1) is 0 Å². The number of hydrogen-bond donors (Lipinski definition) is 2. The monoisotopic (exact) mass is 303 g/mol. The van der Waals surface area contributed by atoms with Gasteiger partial charge in [0.15, 0.2) is 0 Å². The minimum absolute atomic E-state index is 0.198. The molecule has 2 unspecified atom stereocenters. The minimum Gasteiger partial charge on any atom is -0.353 e. The second kappa shape index (κ2) is 8.91. The Kier molecular flexibility index (Phi) is 6.87. The summed E-state index contributed by atoms with van der Waals surface area (Å²) in [5, 5.41) is 6.28. The van der Waals surface area contributed by atoms with Crippen molar-refractivity contribution >= 4 is 5.91 Å². The second-order valence-corrected chi connectivity index (χ2v) is 6.30. The molecule has 122 valence electrons. The Hall–Kier alpha value is -1.39. The molecule has 4 nitrogen and oxygen atoms in total. The van der Waals surface area contributed by atoms with E-state index in [2.05, 4.69) is 52.8 Å². The predicted octanol–water partition coefficient (Wildman–Crippen LogP) is 2.16. The topological polar surface area (TPSA) is 44.4 Å². The molecule has 0 bridgehead atoms. The fraction of sp³-hybridized carbons (Fsp3) is 0.611. The Morgan fingerprint density at radius 3 is 2.77 bits per heavy atom. The van der Waals surface area contributed by atoms with Gasteiger partial charge in [-0.2, -0.15) is 0 Å². The minimum atomic E-state index is 0.198. The first-order valence-corrected chi connectivity index (χ1v) is 8.41. The van der Waals surface area contributed by atoms with Crippen molar-refractivity contribution in [3.63, 3.8) is 0 Å². The molecule has 1 saturated heterocycles. The molecule has 22 heavy (non-hydrogen) atoms. The number of carbonyl (C=O) groups is 1. The number of piperidine rings is 1. The fourth-order valence-electron chi connectivity index (χ4n) is 3.13. The number of amides is 1. The molecule has 0 radical (unpaired) electrons. The molecule has 1 fully saturated rings. The molecule has 1 amide bonds. The maximum atomic E-state index is 11.9. The molecule has 2 atom stereocenters. The van der Waals surface area contributed by atoms with E-state index in [0.29, 0.717) is 18.5 Å². The van der Waals surface area contributed by atoms with Crippen molar-refractivity contribution in [3.05, 3.63) is 35.9 Å². The van der Waals surface area contributed by atoms with Gasteiger partial charge in [-0.3, -0.25) is 9.69 Å². The average molecular weight is 303 g/mol. The van der Waals surface area contributed by atoms with Gasteiger partial charge in [0.2, 0.25) is 5.91 Å². The lowest BCUT2D eigenvalue weighted by molar-refractivity contribution is -0.122. The van der Waals surface area contributed by atoms with Gasteiger partial charge in [-0.25, -0.2) is 0 Å². The number of carbonyl (C=O) groups excluding carboxylic acids is 1. The third kappa shape index (κ3) is 5.43. The summed E-state index contributed by atoms with van der Waals surface area (Å²) >= 11 is 0. The Labute approximate surface area is 134 Å². The van der Waals surface area contributed by atoms with Gasteiger partial charge >= 0.3 is 0 Å². The molecule has 1 aromatic rings. The lowest BCUT2D eigenvalue weighted by atomic mass is 9.97. The quantitative estimate of drug-likeness (QED) is 0.759. The first-order chi connectivity index (χ1) is 10.7. The fourth-order valence-corrected chi connectivity index (χ4v) is 3.13. The number of nitrogens with zero attached hydrogens (tertiary/aromatic N) is 1. The summed E-state index contributed by atoms with van der Waals surface area (Å²) in [4.78, 5) is 14.4. The van der Waals surface area contributed by atoms with E-state index in [0.717, 1.165) is 38.9 Å². The highest BCUT2D eigenvalue weighted by molar-refractivity contribution is 5.76. The van der Waals surface area contributed by atoms with Crippen LogP contribution in [0.1, 0.15) is 38.2 Å². The van der Waals surface area contributed by atoms with Crippen LogP contribution >= 0.6 is 0 Å². The molecule has 1 aromatic carbocycles. The number of rotatable bonds is 7. The van der Waals surface area contributed by atoms with Gasteiger partial charge in [-0.05, 0) is 45.3 Å². The molecule has 0 spiro atoms. The normalized spacial score (nSPS) is 22.5. The van der Waals surface area contributed by atoms with Crippen LogP contribution in [0.2, 0.25) is 0 Å². The first kappa shape index (κ1) is 17.0. The third-order valence-corrected chi connectivity index (χ3v) is 4.44. The van der Waals surface area contributed by atoms with Crippen LogP contribution < -0.4 is 10.6 Å². The van der Waals surface area contributed by atoms with E-state index >= 15 is 0 Å². The van der Waals surface area contributed by atoms with Crippen LogP contribution in [-0.4, -0.2) is 43.0 Å². The van der Waals surface area contributed by atoms with Crippen molar-refractivity contribution in [3.8, 4) is 0 Å². The predicted molar refractivity (Wildman–Crippen MR) is 90.6 cm³/mol. The first-order valence-electron chi connectivity index (χ1n) is 8.41. The van der Waals surface area contributed by atoms with Crippen LogP contribution in [0, 0.1) is 0 Å². The van der Waals surface area contributed by atoms with E-state index in [-0.39, 0.29) is 5.91 Å². The highest BCUT2D eigenvalue weighted by Gasteiger charge is 2.26. The van der Waals surface area contributed by atoms with Crippen LogP contribution in [0.3, 0.4) is 0 Å². The van der Waals surface area contributed by atoms with Crippen molar-refractivity contribution < 1.29 is 4.79 Å². The van der Waals surface area contributed by atoms with E-state index in [1.165, 1.54) is 5.56 Å². The van der Waals surface area contributed by atoms with E-state index in [4.69, 9.17) is 0 Å². The maximum absolute atomic E-state index is 11.9. The summed E-state index contributed by atoms with van der Waals surface area (Å²) in [5.74, 6) is 0.198. The molecule has 1 aliphatic rings. The van der Waals surface area contributed by atoms with Crippen LogP contribution in [0.25, 0.3) is 0 Å². The van der Waals surface area contributed by atoms with Gasteiger partial charge in [0.1, 0.15) is 0 Å². The zero-order valence-electron chi connectivity index (χ0n) is 13.8. The number of nitrogens with one attached hydrogen (secondary N) is 2. The molecular formula is C18H29N3O. The maximum Gasteiger partial charge on any atom is 0.220 e. The standard InChI is InChI=1S/C18H29N3O/c1-15-13-17(20-18(22)9-6-11-19-2)10-12-21(15)14-16-7-4-3-5-8-16/h3-5,7-8,15,17,19H,6,9-14H2,1-2H3,(H,20,22). The summed E-state index contributed by atoms with van der Waals surface area (Å²) in [6, 6.07) is 11.5. The molecule has 4 heteroatoms. The van der Waals surface area contributed by atoms with Crippen molar-refractivity contribution in [2.75, 3.05) is 20.1 Å². The number of likely N-dealkylation sites (tertiary alicyclic amines) is 1. The molecule has 0 aliphatic carbocycles. The molecule has 0 aromatic heterocycles. The molecule has 2 N–H and O–H groups in total. The summed E-state index contributed by atoms with van der Waals surface area (Å²) in [5.41, 5.74) is 1.36. The van der Waals surface area contributed by atoms with Crippen molar-refractivity contribution in [2.24, 2.45) is 0 Å². The van der Waals surface area contributed by atoms with Crippen molar-refractivity contribution in [1.82, 2.24) is 15.5 Å². The zero-order chi connectivity index (χ0) is 15.8. The van der Waals surface area contributed by atoms with E-state index in [9.17, 15) is 4.79 Å². The Balaban J connectivity index is 1.74. The van der Waals surface area contributed by atoms with Gasteiger partial charge in [0.05, 0.1) is 0 Å². The number of hydrogen-bond acceptors (Lipinski definition) is 3. The van der Waals surface area contributed by atoms with Crippen LogP contribution in [0.4, 0.5) is 0 Å². The highest BCUT2D eigenvalue weighted by atomic mass is 16.1. The average Bonchev–Trinajstić information content (AvgIpc) is 2.51. The summed E-state index contributed by atoms with van der Waals surface area (Å²) in [7, 11) is 1.92. The third-order valence-electron chi connectivity index (χ3n) is 4.44. The van der Waals surface area contributed by atoms with Crippen LogP contribution in [0.5, 0.6) is 0 Å². The Morgan fingerprint density at radius 2 is 2.09 bits per heavy atom. The highest BCUT2D eigenvalue weighted by Crippen LogP contribution is 2.20. The molecule has 0 saturated carbocycles. The van der Waals surface area contributed by atoms with Gasteiger partial charge in [-0.1, -0.05) is 30.3 Å². The number of benzene rings is 1. The Morgan fingerprint density at radius 1 is 1.32 bits per heavy atom. The zero-order valence-corrected chi connectivity index (χ0v) is 13.8. The van der Waals surface area contributed by atoms with Crippen molar-refractivity contribution in [2.45, 2.75) is 51.2 Å². The van der Waals surface area contributed by atoms with Gasteiger partial charge < -0.3 is 10.6 Å². The molecular weight excluding hydrogens is 274 g/mol. The van der Waals surface area contributed by atoms with Crippen LogP contribution in [0.15, 0.2) is 30.3 Å². The van der Waals surface area contributed by atoms with Gasteiger partial charge in [0, 0.05) is 31.6 Å². The van der Waals surface area contributed by atoms with E-state index in [1.807, 2.05) is 7.05 Å². The van der Waals surface area contributed by atoms with E-state index in [1.54, 1.807) is 0 Å². The lowest BCUT2D eigenvalue weighted by Crippen LogP contribution is -2.48. The molecule has 1 aliphatic heterocycles. The summed E-state index contributed by atoms with van der Waals surface area (Å²) < 4.78 is 0. The van der Waals surface area contributed by atoms with Crippen molar-refractivity contribution in [1.29, 1.82) is 0 Å². The summed E-state index contributed by atoms with van der Waals surface area (Å²) in [6.07, 6.45) is 3.63.